The third kappa shape index (κ3) is 2.58. The van der Waals surface area contributed by atoms with Gasteiger partial charge in [-0.2, -0.15) is 11.8 Å². The van der Waals surface area contributed by atoms with Gasteiger partial charge in [0.1, 0.15) is 0 Å². The minimum atomic E-state index is -0.271. The topological polar surface area (TPSA) is 49.4 Å². The molecule has 0 radical (unpaired) electrons. The molecule has 16 heavy (non-hydrogen) atoms. The van der Waals surface area contributed by atoms with Crippen LogP contribution in [0.2, 0.25) is 0 Å². The lowest BCUT2D eigenvalue weighted by molar-refractivity contribution is -0.137. The molecule has 1 N–H and O–H groups in total. The molecule has 2 heterocycles. The molecule has 2 amide bonds. The molecule has 0 bridgehead atoms. The maximum absolute atomic E-state index is 11.6. The zero-order chi connectivity index (χ0) is 11.5. The van der Waals surface area contributed by atoms with Gasteiger partial charge in [0.05, 0.1) is 12.5 Å². The molecular weight excluding hydrogens is 224 g/mol. The highest BCUT2D eigenvalue weighted by Crippen LogP contribution is 2.22. The summed E-state index contributed by atoms with van der Waals surface area (Å²) in [7, 11) is 1.56. The number of likely N-dealkylation sites (N-methyl/N-ethyl adjacent to an activating group) is 1. The zero-order valence-electron chi connectivity index (χ0n) is 9.57. The van der Waals surface area contributed by atoms with Crippen molar-refractivity contribution in [3.05, 3.63) is 0 Å². The monoisotopic (exact) mass is 242 g/mol. The van der Waals surface area contributed by atoms with E-state index in [4.69, 9.17) is 0 Å². The Hall–Kier alpha value is -0.550. The summed E-state index contributed by atoms with van der Waals surface area (Å²) in [6.07, 6.45) is 2.78. The number of imide groups is 1. The minimum absolute atomic E-state index is 0.0679. The summed E-state index contributed by atoms with van der Waals surface area (Å²) in [6, 6.07) is -0.271. The van der Waals surface area contributed by atoms with E-state index in [1.165, 1.54) is 29.2 Å². The second kappa shape index (κ2) is 5.19. The van der Waals surface area contributed by atoms with Crippen molar-refractivity contribution in [1.82, 2.24) is 10.2 Å². The van der Waals surface area contributed by atoms with Gasteiger partial charge in [-0.3, -0.25) is 14.5 Å². The fourth-order valence-corrected chi connectivity index (χ4v) is 3.38. The smallest absolute Gasteiger partial charge is 0.246 e. The van der Waals surface area contributed by atoms with E-state index in [0.717, 1.165) is 6.54 Å². The fourth-order valence-electron chi connectivity index (χ4n) is 2.17. The first-order valence-electron chi connectivity index (χ1n) is 5.80. The lowest BCUT2D eigenvalue weighted by Gasteiger charge is -2.22. The summed E-state index contributed by atoms with van der Waals surface area (Å²) in [5.41, 5.74) is 0. The van der Waals surface area contributed by atoms with Crippen molar-refractivity contribution in [2.24, 2.45) is 5.92 Å². The molecule has 2 rings (SSSR count). The SMILES string of the molecule is CN1C(=O)CC(NCC2CCSCC2)C1=O. The van der Waals surface area contributed by atoms with Gasteiger partial charge in [-0.05, 0) is 36.8 Å². The largest absolute Gasteiger partial charge is 0.305 e. The summed E-state index contributed by atoms with van der Waals surface area (Å²) < 4.78 is 0. The van der Waals surface area contributed by atoms with E-state index in [1.807, 2.05) is 11.8 Å². The number of carbonyl (C=O) groups excluding carboxylic acids is 2. The molecule has 2 aliphatic rings. The second-order valence-corrected chi connectivity index (χ2v) is 5.74. The van der Waals surface area contributed by atoms with Crippen LogP contribution in [-0.4, -0.2) is 47.9 Å². The summed E-state index contributed by atoms with van der Waals surface area (Å²) in [5.74, 6) is 2.99. The van der Waals surface area contributed by atoms with Crippen LogP contribution in [0.1, 0.15) is 19.3 Å². The Balaban J connectivity index is 1.77. The number of amides is 2. The molecule has 2 saturated heterocycles. The number of thioether (sulfide) groups is 1. The molecule has 0 aromatic carbocycles. The van der Waals surface area contributed by atoms with E-state index in [1.54, 1.807) is 7.05 Å². The average Bonchev–Trinajstić information content (AvgIpc) is 2.56. The van der Waals surface area contributed by atoms with E-state index in [9.17, 15) is 9.59 Å². The number of nitrogens with zero attached hydrogens (tertiary/aromatic N) is 1. The standard InChI is InChI=1S/C11H18N2O2S/c1-13-10(14)6-9(11(13)15)12-7-8-2-4-16-5-3-8/h8-9,12H,2-7H2,1H3. The Morgan fingerprint density at radius 2 is 2.06 bits per heavy atom. The van der Waals surface area contributed by atoms with Gasteiger partial charge >= 0.3 is 0 Å². The molecule has 0 aromatic heterocycles. The van der Waals surface area contributed by atoms with Crippen molar-refractivity contribution in [3.63, 3.8) is 0 Å². The summed E-state index contributed by atoms with van der Waals surface area (Å²) >= 11 is 2.00. The molecule has 2 fully saturated rings. The predicted molar refractivity (Wildman–Crippen MR) is 64.2 cm³/mol. The number of nitrogens with one attached hydrogen (secondary N) is 1. The van der Waals surface area contributed by atoms with Gasteiger partial charge in [0.2, 0.25) is 11.8 Å². The van der Waals surface area contributed by atoms with Crippen molar-refractivity contribution in [2.45, 2.75) is 25.3 Å². The van der Waals surface area contributed by atoms with Crippen LogP contribution in [0.25, 0.3) is 0 Å². The van der Waals surface area contributed by atoms with Crippen LogP contribution in [-0.2, 0) is 9.59 Å². The molecule has 90 valence electrons. The van der Waals surface area contributed by atoms with Crippen molar-refractivity contribution < 1.29 is 9.59 Å². The summed E-state index contributed by atoms with van der Waals surface area (Å²) in [5, 5.41) is 3.24. The van der Waals surface area contributed by atoms with Gasteiger partial charge in [0.25, 0.3) is 0 Å². The number of likely N-dealkylation sites (tertiary alicyclic amines) is 1. The van der Waals surface area contributed by atoms with E-state index >= 15 is 0 Å². The molecule has 0 aliphatic carbocycles. The van der Waals surface area contributed by atoms with Crippen LogP contribution in [0.4, 0.5) is 0 Å². The number of carbonyl (C=O) groups is 2. The zero-order valence-corrected chi connectivity index (χ0v) is 10.4. The van der Waals surface area contributed by atoms with Crippen LogP contribution in [0.15, 0.2) is 0 Å². The van der Waals surface area contributed by atoms with Gasteiger partial charge in [0.15, 0.2) is 0 Å². The molecule has 0 saturated carbocycles. The highest BCUT2D eigenvalue weighted by molar-refractivity contribution is 7.99. The average molecular weight is 242 g/mol. The van der Waals surface area contributed by atoms with Crippen LogP contribution in [0.3, 0.4) is 0 Å². The molecule has 1 unspecified atom stereocenters. The Bertz CT molecular complexity index is 290. The maximum Gasteiger partial charge on any atom is 0.246 e. The molecule has 1 atom stereocenters. The van der Waals surface area contributed by atoms with Gasteiger partial charge in [-0.15, -0.1) is 0 Å². The first-order chi connectivity index (χ1) is 7.68. The van der Waals surface area contributed by atoms with Gasteiger partial charge in [-0.25, -0.2) is 0 Å². The molecule has 0 aromatic rings. The third-order valence-corrected chi connectivity index (χ3v) is 4.42. The molecule has 2 aliphatic heterocycles. The van der Waals surface area contributed by atoms with Crippen LogP contribution in [0, 0.1) is 5.92 Å². The number of hydrogen-bond acceptors (Lipinski definition) is 4. The van der Waals surface area contributed by atoms with E-state index in [0.29, 0.717) is 12.3 Å². The first kappa shape index (κ1) is 11.9. The highest BCUT2D eigenvalue weighted by Gasteiger charge is 2.35. The second-order valence-electron chi connectivity index (χ2n) is 4.51. The first-order valence-corrected chi connectivity index (χ1v) is 6.95. The minimum Gasteiger partial charge on any atom is -0.305 e. The Morgan fingerprint density at radius 1 is 1.38 bits per heavy atom. The lowest BCUT2D eigenvalue weighted by atomic mass is 10.0. The van der Waals surface area contributed by atoms with Crippen LogP contribution >= 0.6 is 11.8 Å². The predicted octanol–water partition coefficient (Wildman–Crippen LogP) is 0.476. The highest BCUT2D eigenvalue weighted by atomic mass is 32.2. The Labute approximate surface area is 100 Å². The summed E-state index contributed by atoms with van der Waals surface area (Å²) in [4.78, 5) is 24.2. The third-order valence-electron chi connectivity index (χ3n) is 3.38. The molecule has 5 heteroatoms. The Kier molecular flexibility index (Phi) is 3.86. The van der Waals surface area contributed by atoms with Gasteiger partial charge in [-0.1, -0.05) is 0 Å². The Morgan fingerprint density at radius 3 is 2.62 bits per heavy atom. The van der Waals surface area contributed by atoms with Gasteiger partial charge in [0, 0.05) is 7.05 Å². The number of rotatable bonds is 3. The van der Waals surface area contributed by atoms with Crippen molar-refractivity contribution >= 4 is 23.6 Å². The normalized spacial score (nSPS) is 27.8. The van der Waals surface area contributed by atoms with Gasteiger partial charge < -0.3 is 5.32 Å². The quantitative estimate of drug-likeness (QED) is 0.731. The fraction of sp³-hybridized carbons (Fsp3) is 0.818. The lowest BCUT2D eigenvalue weighted by Crippen LogP contribution is -2.40. The van der Waals surface area contributed by atoms with Crippen molar-refractivity contribution in [2.75, 3.05) is 25.1 Å². The van der Waals surface area contributed by atoms with Crippen molar-refractivity contribution in [1.29, 1.82) is 0 Å². The van der Waals surface area contributed by atoms with Crippen molar-refractivity contribution in [3.8, 4) is 0 Å². The van der Waals surface area contributed by atoms with E-state index in [-0.39, 0.29) is 17.9 Å². The van der Waals surface area contributed by atoms with Crippen LogP contribution < -0.4 is 5.32 Å². The summed E-state index contributed by atoms with van der Waals surface area (Å²) in [6.45, 7) is 0.873. The van der Waals surface area contributed by atoms with E-state index < -0.39 is 0 Å². The molecular formula is C11H18N2O2S. The number of hydrogen-bond donors (Lipinski definition) is 1. The molecule has 4 nitrogen and oxygen atoms in total. The van der Waals surface area contributed by atoms with Crippen LogP contribution in [0.5, 0.6) is 0 Å². The van der Waals surface area contributed by atoms with E-state index in [2.05, 4.69) is 5.32 Å². The maximum atomic E-state index is 11.6. The molecule has 0 spiro atoms.